The largest absolute Gasteiger partial charge is 0.389 e. The molecule has 1 aromatic carbocycles. The van der Waals surface area contributed by atoms with Crippen molar-refractivity contribution in [3.8, 4) is 0 Å². The van der Waals surface area contributed by atoms with Gasteiger partial charge in [-0.25, -0.2) is 0 Å². The van der Waals surface area contributed by atoms with E-state index in [4.69, 9.17) is 0 Å². The van der Waals surface area contributed by atoms with E-state index < -0.39 is 16.3 Å². The third-order valence-electron chi connectivity index (χ3n) is 2.52. The Balaban J connectivity index is 2.09. The number of aliphatic hydroxyl groups excluding tert-OH is 1. The number of nitrogens with one attached hydrogen (secondary N) is 2. The van der Waals surface area contributed by atoms with E-state index in [1.165, 1.54) is 0 Å². The lowest BCUT2D eigenvalue weighted by Gasteiger charge is -2.11. The molecule has 0 heterocycles. The van der Waals surface area contributed by atoms with Crippen LogP contribution in [-0.4, -0.2) is 19.6 Å². The van der Waals surface area contributed by atoms with E-state index in [1.54, 1.807) is 31.2 Å². The number of benzene rings is 1. The van der Waals surface area contributed by atoms with E-state index in [0.717, 1.165) is 12.8 Å². The molecule has 0 saturated heterocycles. The summed E-state index contributed by atoms with van der Waals surface area (Å²) in [5.41, 5.74) is 1.13. The van der Waals surface area contributed by atoms with Crippen LogP contribution in [0.15, 0.2) is 24.3 Å². The first-order valence-electron chi connectivity index (χ1n) is 5.54. The van der Waals surface area contributed by atoms with E-state index in [9.17, 15) is 13.5 Å². The van der Waals surface area contributed by atoms with Gasteiger partial charge in [-0.2, -0.15) is 13.1 Å². The quantitative estimate of drug-likeness (QED) is 0.739. The number of hydrogen-bond acceptors (Lipinski definition) is 3. The normalized spacial score (nSPS) is 17.8. The maximum absolute atomic E-state index is 11.6. The van der Waals surface area contributed by atoms with E-state index in [0.29, 0.717) is 11.3 Å². The van der Waals surface area contributed by atoms with Gasteiger partial charge in [0.25, 0.3) is 10.2 Å². The second-order valence-electron chi connectivity index (χ2n) is 4.30. The Labute approximate surface area is 101 Å². The maximum atomic E-state index is 11.6. The minimum atomic E-state index is -3.50. The summed E-state index contributed by atoms with van der Waals surface area (Å²) in [6.07, 6.45) is 1.18. The van der Waals surface area contributed by atoms with Gasteiger partial charge < -0.3 is 5.11 Å². The summed E-state index contributed by atoms with van der Waals surface area (Å²) in [6.45, 7) is 1.63. The minimum Gasteiger partial charge on any atom is -0.389 e. The molecule has 0 aromatic heterocycles. The zero-order valence-corrected chi connectivity index (χ0v) is 10.4. The van der Waals surface area contributed by atoms with Crippen molar-refractivity contribution in [3.05, 3.63) is 29.8 Å². The Bertz CT molecular complexity index is 495. The molecule has 0 spiro atoms. The highest BCUT2D eigenvalue weighted by molar-refractivity contribution is 7.90. The van der Waals surface area contributed by atoms with Crippen LogP contribution in [-0.2, 0) is 10.2 Å². The predicted molar refractivity (Wildman–Crippen MR) is 65.8 cm³/mol. The van der Waals surface area contributed by atoms with E-state index in [1.807, 2.05) is 0 Å². The summed E-state index contributed by atoms with van der Waals surface area (Å²) in [6, 6.07) is 6.80. The molecule has 0 bridgehead atoms. The molecule has 94 valence electrons. The highest BCUT2D eigenvalue weighted by atomic mass is 32.2. The van der Waals surface area contributed by atoms with Crippen molar-refractivity contribution in [1.29, 1.82) is 0 Å². The van der Waals surface area contributed by atoms with Crippen LogP contribution < -0.4 is 9.44 Å². The van der Waals surface area contributed by atoms with Crippen LogP contribution in [0.2, 0.25) is 0 Å². The Kier molecular flexibility index (Phi) is 3.37. The molecule has 1 aromatic rings. The standard InChI is InChI=1S/C11H16N2O3S/c1-8(14)9-3-2-4-11(7-9)13-17(15,16)12-10-5-6-10/h2-4,7-8,10,12-14H,5-6H2,1H3. The van der Waals surface area contributed by atoms with Gasteiger partial charge in [0.2, 0.25) is 0 Å². The van der Waals surface area contributed by atoms with E-state index in [-0.39, 0.29) is 6.04 Å². The Morgan fingerprint density at radius 1 is 1.41 bits per heavy atom. The maximum Gasteiger partial charge on any atom is 0.299 e. The van der Waals surface area contributed by atoms with E-state index in [2.05, 4.69) is 9.44 Å². The zero-order valence-electron chi connectivity index (χ0n) is 9.55. The van der Waals surface area contributed by atoms with Gasteiger partial charge in [0.1, 0.15) is 0 Å². The lowest BCUT2D eigenvalue weighted by atomic mass is 10.1. The number of rotatable bonds is 5. The van der Waals surface area contributed by atoms with Crippen molar-refractivity contribution >= 4 is 15.9 Å². The van der Waals surface area contributed by atoms with Crippen LogP contribution in [0.3, 0.4) is 0 Å². The van der Waals surface area contributed by atoms with Crippen LogP contribution in [0.25, 0.3) is 0 Å². The fourth-order valence-electron chi connectivity index (χ4n) is 1.47. The third-order valence-corrected chi connectivity index (χ3v) is 3.67. The molecule has 0 amide bonds. The van der Waals surface area contributed by atoms with Gasteiger partial charge in [-0.1, -0.05) is 12.1 Å². The van der Waals surface area contributed by atoms with Crippen molar-refractivity contribution in [2.75, 3.05) is 4.72 Å². The van der Waals surface area contributed by atoms with Gasteiger partial charge in [-0.15, -0.1) is 0 Å². The number of aliphatic hydroxyl groups is 1. The first-order chi connectivity index (χ1) is 7.96. The first-order valence-corrected chi connectivity index (χ1v) is 7.03. The van der Waals surface area contributed by atoms with Crippen molar-refractivity contribution in [3.63, 3.8) is 0 Å². The minimum absolute atomic E-state index is 0.0763. The molecule has 1 unspecified atom stereocenters. The summed E-state index contributed by atoms with van der Waals surface area (Å²) in [5, 5.41) is 9.41. The molecular weight excluding hydrogens is 240 g/mol. The van der Waals surface area contributed by atoms with Crippen LogP contribution in [0.4, 0.5) is 5.69 Å². The van der Waals surface area contributed by atoms with Gasteiger partial charge in [0.05, 0.1) is 11.8 Å². The molecule has 1 aliphatic carbocycles. The molecule has 6 heteroatoms. The SMILES string of the molecule is CC(O)c1cccc(NS(=O)(=O)NC2CC2)c1. The van der Waals surface area contributed by atoms with Crippen LogP contribution >= 0.6 is 0 Å². The van der Waals surface area contributed by atoms with Crippen molar-refractivity contribution in [2.24, 2.45) is 0 Å². The van der Waals surface area contributed by atoms with E-state index >= 15 is 0 Å². The molecule has 1 saturated carbocycles. The topological polar surface area (TPSA) is 78.4 Å². The molecule has 2 rings (SSSR count). The van der Waals surface area contributed by atoms with Crippen LogP contribution in [0, 0.1) is 0 Å². The average molecular weight is 256 g/mol. The first kappa shape index (κ1) is 12.3. The van der Waals surface area contributed by atoms with Crippen LogP contribution in [0.5, 0.6) is 0 Å². The Hall–Kier alpha value is -1.11. The van der Waals surface area contributed by atoms with Crippen molar-refractivity contribution < 1.29 is 13.5 Å². The third kappa shape index (κ3) is 3.69. The highest BCUT2D eigenvalue weighted by Gasteiger charge is 2.26. The fraction of sp³-hybridized carbons (Fsp3) is 0.455. The monoisotopic (exact) mass is 256 g/mol. The Morgan fingerprint density at radius 2 is 2.12 bits per heavy atom. The smallest absolute Gasteiger partial charge is 0.299 e. The molecule has 0 aliphatic heterocycles. The highest BCUT2D eigenvalue weighted by Crippen LogP contribution is 2.21. The summed E-state index contributed by atoms with van der Waals surface area (Å²) in [7, 11) is -3.50. The van der Waals surface area contributed by atoms with Crippen molar-refractivity contribution in [2.45, 2.75) is 31.9 Å². The summed E-state index contributed by atoms with van der Waals surface area (Å²) in [5.74, 6) is 0. The van der Waals surface area contributed by atoms with Gasteiger partial charge in [0.15, 0.2) is 0 Å². The second kappa shape index (κ2) is 4.64. The van der Waals surface area contributed by atoms with Gasteiger partial charge in [-0.05, 0) is 37.5 Å². The Morgan fingerprint density at radius 3 is 2.71 bits per heavy atom. The predicted octanol–water partition coefficient (Wildman–Crippen LogP) is 1.15. The zero-order chi connectivity index (χ0) is 12.5. The molecule has 0 radical (unpaired) electrons. The number of anilines is 1. The molecule has 3 N–H and O–H groups in total. The van der Waals surface area contributed by atoms with Gasteiger partial charge >= 0.3 is 0 Å². The second-order valence-corrected chi connectivity index (χ2v) is 5.75. The molecule has 1 aliphatic rings. The molecule has 1 atom stereocenters. The summed E-state index contributed by atoms with van der Waals surface area (Å²) in [4.78, 5) is 0. The van der Waals surface area contributed by atoms with Gasteiger partial charge in [-0.3, -0.25) is 4.72 Å². The fourth-order valence-corrected chi connectivity index (χ4v) is 2.64. The average Bonchev–Trinajstić information content (AvgIpc) is 3.00. The number of hydrogen-bond donors (Lipinski definition) is 3. The van der Waals surface area contributed by atoms with Gasteiger partial charge in [0, 0.05) is 6.04 Å². The summed E-state index contributed by atoms with van der Waals surface area (Å²) < 4.78 is 28.3. The molecular formula is C11H16N2O3S. The molecule has 1 fully saturated rings. The van der Waals surface area contributed by atoms with Crippen LogP contribution in [0.1, 0.15) is 31.4 Å². The van der Waals surface area contributed by atoms with Crippen molar-refractivity contribution in [1.82, 2.24) is 4.72 Å². The lowest BCUT2D eigenvalue weighted by Crippen LogP contribution is -2.31. The lowest BCUT2D eigenvalue weighted by molar-refractivity contribution is 0.199. The molecule has 17 heavy (non-hydrogen) atoms. The summed E-state index contributed by atoms with van der Waals surface area (Å²) >= 11 is 0. The molecule has 5 nitrogen and oxygen atoms in total.